The number of fused-ring (bicyclic) bond motifs is 1. The van der Waals surface area contributed by atoms with Gasteiger partial charge in [0.1, 0.15) is 5.75 Å². The van der Waals surface area contributed by atoms with Gasteiger partial charge in [-0.1, -0.05) is 47.5 Å². The maximum absolute atomic E-state index is 13.0. The van der Waals surface area contributed by atoms with E-state index >= 15 is 0 Å². The van der Waals surface area contributed by atoms with Gasteiger partial charge in [-0.2, -0.15) is 0 Å². The topological polar surface area (TPSA) is 45.7 Å². The molecule has 0 spiro atoms. The number of hydrogen-bond donors (Lipinski definition) is 0. The second-order valence-electron chi connectivity index (χ2n) is 6.86. The van der Waals surface area contributed by atoms with Crippen LogP contribution in [-0.4, -0.2) is 49.6 Å². The van der Waals surface area contributed by atoms with Gasteiger partial charge in [-0.3, -0.25) is 9.69 Å². The Hall–Kier alpha value is -1.57. The van der Waals surface area contributed by atoms with Crippen LogP contribution in [0.2, 0.25) is 10.0 Å². The maximum atomic E-state index is 13.0. The van der Waals surface area contributed by atoms with Crippen LogP contribution in [0.5, 0.6) is 5.75 Å². The van der Waals surface area contributed by atoms with Crippen molar-refractivity contribution in [3.05, 3.63) is 52.0 Å². The van der Waals surface area contributed by atoms with Gasteiger partial charge in [0.25, 0.3) is 5.91 Å². The fraction of sp³-hybridized carbons (Fsp3) is 0.333. The van der Waals surface area contributed by atoms with Crippen LogP contribution in [0.25, 0.3) is 10.2 Å². The summed E-state index contributed by atoms with van der Waals surface area (Å²) in [6, 6.07) is 11.1. The van der Waals surface area contributed by atoms with E-state index in [0.29, 0.717) is 34.0 Å². The lowest BCUT2D eigenvalue weighted by atomic mass is 10.2. The number of anilines is 1. The summed E-state index contributed by atoms with van der Waals surface area (Å²) in [5.41, 5.74) is 2.14. The molecule has 0 N–H and O–H groups in total. The molecule has 2 aromatic carbocycles. The van der Waals surface area contributed by atoms with Crippen LogP contribution < -0.4 is 9.64 Å². The van der Waals surface area contributed by atoms with Gasteiger partial charge in [-0.15, -0.1) is 12.4 Å². The van der Waals surface area contributed by atoms with E-state index in [2.05, 4.69) is 24.0 Å². The lowest BCUT2D eigenvalue weighted by Gasteiger charge is -2.22. The summed E-state index contributed by atoms with van der Waals surface area (Å²) in [7, 11) is 3.94. The predicted octanol–water partition coefficient (Wildman–Crippen LogP) is 5.56. The molecule has 162 valence electrons. The zero-order valence-corrected chi connectivity index (χ0v) is 20.2. The Morgan fingerprint density at radius 1 is 1.13 bits per heavy atom. The molecular formula is C21H24Cl3N3O2S. The Morgan fingerprint density at radius 2 is 1.90 bits per heavy atom. The third kappa shape index (κ3) is 6.22. The number of amides is 1. The number of rotatable bonds is 8. The normalized spacial score (nSPS) is 10.9. The van der Waals surface area contributed by atoms with Crippen molar-refractivity contribution in [3.63, 3.8) is 0 Å². The fourth-order valence-electron chi connectivity index (χ4n) is 2.73. The molecule has 1 aromatic heterocycles. The van der Waals surface area contributed by atoms with E-state index in [9.17, 15) is 4.79 Å². The van der Waals surface area contributed by atoms with Gasteiger partial charge in [0.2, 0.25) is 0 Å². The number of halogens is 3. The molecule has 0 saturated heterocycles. The van der Waals surface area contributed by atoms with Gasteiger partial charge in [-0.25, -0.2) is 4.98 Å². The molecule has 0 bridgehead atoms. The number of ether oxygens (including phenoxy) is 1. The number of aryl methyl sites for hydroxylation is 1. The number of carbonyl (C=O) groups is 1. The largest absolute Gasteiger partial charge is 0.482 e. The van der Waals surface area contributed by atoms with Gasteiger partial charge < -0.3 is 9.64 Å². The molecule has 3 rings (SSSR count). The third-order valence-corrected chi connectivity index (χ3v) is 5.97. The van der Waals surface area contributed by atoms with Crippen molar-refractivity contribution in [2.45, 2.75) is 13.3 Å². The Kier molecular flexibility index (Phi) is 9.19. The van der Waals surface area contributed by atoms with Gasteiger partial charge in [-0.05, 0) is 56.4 Å². The van der Waals surface area contributed by atoms with E-state index in [4.69, 9.17) is 27.9 Å². The van der Waals surface area contributed by atoms with Crippen LogP contribution in [0.3, 0.4) is 0 Å². The van der Waals surface area contributed by atoms with E-state index in [1.165, 1.54) is 16.9 Å². The summed E-state index contributed by atoms with van der Waals surface area (Å²) >= 11 is 13.6. The van der Waals surface area contributed by atoms with E-state index < -0.39 is 0 Å². The Bertz CT molecular complexity index is 1010. The molecule has 5 nitrogen and oxygen atoms in total. The van der Waals surface area contributed by atoms with Crippen molar-refractivity contribution in [2.24, 2.45) is 0 Å². The minimum Gasteiger partial charge on any atom is -0.482 e. The molecule has 0 atom stereocenters. The Labute approximate surface area is 197 Å². The number of likely N-dealkylation sites (N-methyl/N-ethyl adjacent to an activating group) is 1. The number of carbonyl (C=O) groups excluding carboxylic acids is 1. The van der Waals surface area contributed by atoms with E-state index in [0.717, 1.165) is 16.6 Å². The second-order valence-corrected chi connectivity index (χ2v) is 8.72. The molecule has 0 unspecified atom stereocenters. The first-order valence-corrected chi connectivity index (χ1v) is 10.9. The van der Waals surface area contributed by atoms with E-state index in [1.54, 1.807) is 23.1 Å². The highest BCUT2D eigenvalue weighted by Gasteiger charge is 2.21. The molecule has 1 amide bonds. The molecule has 30 heavy (non-hydrogen) atoms. The van der Waals surface area contributed by atoms with Crippen LogP contribution in [-0.2, 0) is 11.2 Å². The third-order valence-electron chi connectivity index (χ3n) is 4.40. The first-order valence-electron chi connectivity index (χ1n) is 9.29. The summed E-state index contributed by atoms with van der Waals surface area (Å²) in [5.74, 6) is 0.251. The van der Waals surface area contributed by atoms with Gasteiger partial charge in [0, 0.05) is 18.1 Å². The molecule has 0 aliphatic heterocycles. The molecule has 0 aliphatic rings. The number of hydrogen-bond acceptors (Lipinski definition) is 5. The lowest BCUT2D eigenvalue weighted by Crippen LogP contribution is -2.39. The highest BCUT2D eigenvalue weighted by Crippen LogP contribution is 2.31. The first-order chi connectivity index (χ1) is 13.9. The minimum absolute atomic E-state index is 0. The van der Waals surface area contributed by atoms with Crippen LogP contribution in [0.15, 0.2) is 36.4 Å². The second kappa shape index (κ2) is 11.2. The molecule has 0 fully saturated rings. The zero-order chi connectivity index (χ0) is 21.0. The zero-order valence-electron chi connectivity index (χ0n) is 17.0. The standard InChI is InChI=1S/C21H23Cl2N3O2S.ClH/c1-4-14-5-7-17-19(11-14)29-21(24-17)26(10-9-25(2)3)20(27)13-28-18-8-6-15(22)12-16(18)23;/h5-8,11-12H,4,9-10,13H2,1-3H3;1H. The van der Waals surface area contributed by atoms with Gasteiger partial charge in [0.15, 0.2) is 11.7 Å². The number of nitrogens with zero attached hydrogens (tertiary/aromatic N) is 3. The Morgan fingerprint density at radius 3 is 2.57 bits per heavy atom. The van der Waals surface area contributed by atoms with Crippen molar-refractivity contribution in [3.8, 4) is 5.75 Å². The van der Waals surface area contributed by atoms with Crippen molar-refractivity contribution in [1.82, 2.24) is 9.88 Å². The SMILES string of the molecule is CCc1ccc2nc(N(CCN(C)C)C(=O)COc3ccc(Cl)cc3Cl)sc2c1.Cl. The van der Waals surface area contributed by atoms with Gasteiger partial charge >= 0.3 is 0 Å². The summed E-state index contributed by atoms with van der Waals surface area (Å²) in [4.78, 5) is 21.4. The van der Waals surface area contributed by atoms with Crippen molar-refractivity contribution in [2.75, 3.05) is 38.7 Å². The van der Waals surface area contributed by atoms with Crippen LogP contribution >= 0.6 is 46.9 Å². The molecule has 3 aromatic rings. The predicted molar refractivity (Wildman–Crippen MR) is 129 cm³/mol. The molecule has 0 radical (unpaired) electrons. The summed E-state index contributed by atoms with van der Waals surface area (Å²) in [6.07, 6.45) is 0.960. The van der Waals surface area contributed by atoms with Crippen molar-refractivity contribution >= 4 is 68.2 Å². The smallest absolute Gasteiger partial charge is 0.266 e. The van der Waals surface area contributed by atoms with Crippen LogP contribution in [0.4, 0.5) is 5.13 Å². The summed E-state index contributed by atoms with van der Waals surface area (Å²) in [5, 5.41) is 1.56. The van der Waals surface area contributed by atoms with Crippen molar-refractivity contribution < 1.29 is 9.53 Å². The quantitative estimate of drug-likeness (QED) is 0.416. The molecule has 0 saturated carbocycles. The highest BCUT2D eigenvalue weighted by atomic mass is 35.5. The average molecular weight is 489 g/mol. The van der Waals surface area contributed by atoms with Gasteiger partial charge in [0.05, 0.1) is 15.2 Å². The van der Waals surface area contributed by atoms with Crippen LogP contribution in [0, 0.1) is 0 Å². The number of benzene rings is 2. The minimum atomic E-state index is -0.173. The van der Waals surface area contributed by atoms with E-state index in [1.807, 2.05) is 25.1 Å². The number of thiazole rings is 1. The van der Waals surface area contributed by atoms with E-state index in [-0.39, 0.29) is 24.9 Å². The fourth-order valence-corrected chi connectivity index (χ4v) is 4.26. The maximum Gasteiger partial charge on any atom is 0.266 e. The lowest BCUT2D eigenvalue weighted by molar-refractivity contribution is -0.120. The number of aromatic nitrogens is 1. The Balaban J connectivity index is 0.00000320. The summed E-state index contributed by atoms with van der Waals surface area (Å²) < 4.78 is 6.73. The highest BCUT2D eigenvalue weighted by molar-refractivity contribution is 7.22. The van der Waals surface area contributed by atoms with Crippen molar-refractivity contribution in [1.29, 1.82) is 0 Å². The monoisotopic (exact) mass is 487 g/mol. The first kappa shape index (κ1) is 24.7. The molecule has 1 heterocycles. The van der Waals surface area contributed by atoms with Crippen LogP contribution in [0.1, 0.15) is 12.5 Å². The molecular weight excluding hydrogens is 465 g/mol. The average Bonchev–Trinajstić information content (AvgIpc) is 3.09. The summed E-state index contributed by atoms with van der Waals surface area (Å²) in [6.45, 7) is 3.22. The molecule has 9 heteroatoms. The molecule has 0 aliphatic carbocycles.